The number of allylic oxidation sites excluding steroid dienone is 2. The van der Waals surface area contributed by atoms with Gasteiger partial charge in [-0.15, -0.1) is 0 Å². The fourth-order valence-electron chi connectivity index (χ4n) is 1.15. The predicted molar refractivity (Wildman–Crippen MR) is 45.0 cm³/mol. The van der Waals surface area contributed by atoms with E-state index in [1.165, 1.54) is 5.56 Å². The highest BCUT2D eigenvalue weighted by Crippen LogP contribution is 2.47. The maximum Gasteiger partial charge on any atom is 0.173 e. The molecule has 1 aromatic carbocycles. The van der Waals surface area contributed by atoms with Gasteiger partial charge < -0.3 is 4.74 Å². The molecule has 0 spiro atoms. The Bertz CT molecular complexity index is 300. The third-order valence-corrected chi connectivity index (χ3v) is 1.80. The van der Waals surface area contributed by atoms with Gasteiger partial charge in [0, 0.05) is 5.56 Å². The highest BCUT2D eigenvalue weighted by Gasteiger charge is 2.22. The molecule has 0 unspecified atom stereocenters. The van der Waals surface area contributed by atoms with E-state index in [0.717, 1.165) is 17.9 Å². The summed E-state index contributed by atoms with van der Waals surface area (Å²) in [5.74, 6) is 2.14. The molecule has 11 heavy (non-hydrogen) atoms. The number of rotatable bonds is 2. The largest absolute Gasteiger partial charge is 0.449 e. The van der Waals surface area contributed by atoms with E-state index in [1.54, 1.807) is 0 Å². The Balaban J connectivity index is 2.21. The Hall–Kier alpha value is -1.24. The van der Waals surface area contributed by atoms with Gasteiger partial charge in [-0.1, -0.05) is 24.3 Å². The highest BCUT2D eigenvalue weighted by molar-refractivity contribution is 5.59. The molecule has 0 N–H and O–H groups in total. The van der Waals surface area contributed by atoms with Gasteiger partial charge in [0.2, 0.25) is 0 Å². The lowest BCUT2D eigenvalue weighted by atomic mass is 10.1. The van der Waals surface area contributed by atoms with E-state index in [9.17, 15) is 0 Å². The Morgan fingerprint density at radius 1 is 1.45 bits per heavy atom. The molecule has 1 nitrogen and oxygen atoms in total. The lowest BCUT2D eigenvalue weighted by Gasteiger charge is -1.88. The SMILES string of the molecule is C/C=C\Cc1cccc2c1O2. The van der Waals surface area contributed by atoms with Crippen LogP contribution in [0.15, 0.2) is 30.4 Å². The van der Waals surface area contributed by atoms with Crippen LogP contribution in [0.5, 0.6) is 11.5 Å². The van der Waals surface area contributed by atoms with Crippen LogP contribution in [-0.2, 0) is 6.42 Å². The van der Waals surface area contributed by atoms with Crippen molar-refractivity contribution in [3.63, 3.8) is 0 Å². The van der Waals surface area contributed by atoms with Crippen molar-refractivity contribution < 1.29 is 4.74 Å². The molecule has 56 valence electrons. The summed E-state index contributed by atoms with van der Waals surface area (Å²) in [5.41, 5.74) is 1.29. The van der Waals surface area contributed by atoms with E-state index >= 15 is 0 Å². The number of fused-ring (bicyclic) bond motifs is 1. The molecule has 0 saturated heterocycles. The molecule has 0 bridgehead atoms. The number of hydrogen-bond donors (Lipinski definition) is 0. The molecule has 0 atom stereocenters. The summed E-state index contributed by atoms with van der Waals surface area (Å²) in [6.07, 6.45) is 5.18. The molecule has 1 heteroatoms. The average Bonchev–Trinajstić information content (AvgIpc) is 2.79. The van der Waals surface area contributed by atoms with Gasteiger partial charge in [0.05, 0.1) is 0 Å². The fraction of sp³-hybridized carbons (Fsp3) is 0.200. The van der Waals surface area contributed by atoms with Crippen LogP contribution in [0.4, 0.5) is 0 Å². The quantitative estimate of drug-likeness (QED) is 0.468. The van der Waals surface area contributed by atoms with Crippen molar-refractivity contribution in [2.45, 2.75) is 13.3 Å². The maximum absolute atomic E-state index is 5.23. The highest BCUT2D eigenvalue weighted by atomic mass is 16.6. The number of ether oxygens (including phenoxy) is 1. The molecular formula is C10H10O. The van der Waals surface area contributed by atoms with Crippen molar-refractivity contribution in [2.75, 3.05) is 0 Å². The Labute approximate surface area is 66.3 Å². The molecule has 2 rings (SSSR count). The summed E-state index contributed by atoms with van der Waals surface area (Å²) >= 11 is 0. The van der Waals surface area contributed by atoms with Crippen LogP contribution in [0.2, 0.25) is 0 Å². The third-order valence-electron chi connectivity index (χ3n) is 1.80. The fourth-order valence-corrected chi connectivity index (χ4v) is 1.15. The second kappa shape index (κ2) is 2.42. The van der Waals surface area contributed by atoms with E-state index in [2.05, 4.69) is 18.2 Å². The van der Waals surface area contributed by atoms with E-state index in [4.69, 9.17) is 4.74 Å². The second-order valence-electron chi connectivity index (χ2n) is 2.62. The second-order valence-corrected chi connectivity index (χ2v) is 2.62. The topological polar surface area (TPSA) is 12.5 Å². The molecular weight excluding hydrogens is 136 g/mol. The minimum Gasteiger partial charge on any atom is -0.449 e. The van der Waals surface area contributed by atoms with Crippen molar-refractivity contribution >= 4 is 0 Å². The minimum absolute atomic E-state index is 0.986. The first-order chi connectivity index (χ1) is 5.42. The zero-order chi connectivity index (χ0) is 7.68. The third kappa shape index (κ3) is 1.14. The number of para-hydroxylation sites is 1. The van der Waals surface area contributed by atoms with Crippen LogP contribution in [-0.4, -0.2) is 0 Å². The van der Waals surface area contributed by atoms with E-state index in [1.807, 2.05) is 19.1 Å². The van der Waals surface area contributed by atoms with Gasteiger partial charge in [0.25, 0.3) is 0 Å². The summed E-state index contributed by atoms with van der Waals surface area (Å²) in [5, 5.41) is 0. The molecule has 1 heterocycles. The van der Waals surface area contributed by atoms with Crippen LogP contribution in [0.25, 0.3) is 0 Å². The number of benzene rings is 1. The van der Waals surface area contributed by atoms with Crippen molar-refractivity contribution in [3.05, 3.63) is 35.9 Å². The zero-order valence-corrected chi connectivity index (χ0v) is 6.50. The molecule has 0 radical (unpaired) electrons. The van der Waals surface area contributed by atoms with Crippen LogP contribution < -0.4 is 4.74 Å². The Kier molecular flexibility index (Phi) is 1.42. The van der Waals surface area contributed by atoms with Gasteiger partial charge in [0.15, 0.2) is 11.5 Å². The minimum atomic E-state index is 0.986. The lowest BCUT2D eigenvalue weighted by Crippen LogP contribution is -1.74. The standard InChI is InChI=1S/C10H10O/c1-2-3-5-8-6-4-7-9-10(8)11-9/h2-4,6-7H,5H2,1H3/b3-2-. The summed E-state index contributed by atoms with van der Waals surface area (Å²) in [7, 11) is 0. The molecule has 0 fully saturated rings. The molecule has 0 amide bonds. The van der Waals surface area contributed by atoms with Crippen molar-refractivity contribution in [2.24, 2.45) is 0 Å². The lowest BCUT2D eigenvalue weighted by molar-refractivity contribution is 0.645. The normalized spacial score (nSPS) is 12.8. The smallest absolute Gasteiger partial charge is 0.173 e. The molecule has 1 aliphatic heterocycles. The monoisotopic (exact) mass is 146 g/mol. The van der Waals surface area contributed by atoms with Crippen molar-refractivity contribution in [3.8, 4) is 11.5 Å². The number of hydrogen-bond acceptors (Lipinski definition) is 1. The van der Waals surface area contributed by atoms with Crippen LogP contribution in [0.1, 0.15) is 12.5 Å². The average molecular weight is 146 g/mol. The van der Waals surface area contributed by atoms with E-state index in [-0.39, 0.29) is 0 Å². The van der Waals surface area contributed by atoms with Crippen LogP contribution in [0, 0.1) is 0 Å². The van der Waals surface area contributed by atoms with Crippen molar-refractivity contribution in [1.29, 1.82) is 0 Å². The van der Waals surface area contributed by atoms with Crippen LogP contribution in [0.3, 0.4) is 0 Å². The Morgan fingerprint density at radius 2 is 2.36 bits per heavy atom. The van der Waals surface area contributed by atoms with Crippen LogP contribution >= 0.6 is 0 Å². The molecule has 0 saturated carbocycles. The molecule has 1 aliphatic rings. The van der Waals surface area contributed by atoms with Gasteiger partial charge in [-0.2, -0.15) is 0 Å². The van der Waals surface area contributed by atoms with Gasteiger partial charge in [-0.25, -0.2) is 0 Å². The Morgan fingerprint density at radius 3 is 3.18 bits per heavy atom. The molecule has 1 aromatic rings. The summed E-state index contributed by atoms with van der Waals surface area (Å²) in [4.78, 5) is 0. The van der Waals surface area contributed by atoms with Gasteiger partial charge in [0.1, 0.15) is 0 Å². The van der Waals surface area contributed by atoms with E-state index < -0.39 is 0 Å². The molecule has 0 aliphatic carbocycles. The van der Waals surface area contributed by atoms with Gasteiger partial charge in [-0.3, -0.25) is 0 Å². The van der Waals surface area contributed by atoms with E-state index in [0.29, 0.717) is 0 Å². The first-order valence-electron chi connectivity index (χ1n) is 3.82. The summed E-state index contributed by atoms with van der Waals surface area (Å²) < 4.78 is 5.23. The molecule has 0 aromatic heterocycles. The first kappa shape index (κ1) is 6.47. The summed E-state index contributed by atoms with van der Waals surface area (Å²) in [6, 6.07) is 6.13. The predicted octanol–water partition coefficient (Wildman–Crippen LogP) is 2.91. The first-order valence-corrected chi connectivity index (χ1v) is 3.82. The summed E-state index contributed by atoms with van der Waals surface area (Å²) in [6.45, 7) is 2.03. The van der Waals surface area contributed by atoms with Gasteiger partial charge >= 0.3 is 0 Å². The maximum atomic E-state index is 5.23. The zero-order valence-electron chi connectivity index (χ0n) is 6.50. The van der Waals surface area contributed by atoms with Gasteiger partial charge in [-0.05, 0) is 19.4 Å². The van der Waals surface area contributed by atoms with Crippen molar-refractivity contribution in [1.82, 2.24) is 0 Å².